The molecule has 0 aliphatic heterocycles. The number of nitrogens with one attached hydrogen (secondary N) is 1. The summed E-state index contributed by atoms with van der Waals surface area (Å²) in [4.78, 5) is 0.175. The lowest BCUT2D eigenvalue weighted by atomic mass is 10.2. The van der Waals surface area contributed by atoms with Crippen molar-refractivity contribution in [3.63, 3.8) is 0 Å². The lowest BCUT2D eigenvalue weighted by molar-refractivity contribution is 0.204. The van der Waals surface area contributed by atoms with Gasteiger partial charge in [-0.25, -0.2) is 13.1 Å². The van der Waals surface area contributed by atoms with Crippen molar-refractivity contribution in [1.29, 1.82) is 0 Å². The van der Waals surface area contributed by atoms with Gasteiger partial charge >= 0.3 is 0 Å². The molecule has 1 heterocycles. The number of sulfonamides is 1. The van der Waals surface area contributed by atoms with Crippen LogP contribution in [0.15, 0.2) is 33.6 Å². The number of benzene rings is 1. The van der Waals surface area contributed by atoms with Gasteiger partial charge in [-0.1, -0.05) is 0 Å². The highest BCUT2D eigenvalue weighted by Crippen LogP contribution is 2.19. The van der Waals surface area contributed by atoms with Gasteiger partial charge in [-0.2, -0.15) is 0 Å². The minimum Gasteiger partial charge on any atom is -0.421 e. The number of aryl methyl sites for hydroxylation is 1. The first-order chi connectivity index (χ1) is 9.53. The van der Waals surface area contributed by atoms with Crippen LogP contribution in [0.4, 0.5) is 0 Å². The van der Waals surface area contributed by atoms with Gasteiger partial charge in [-0.15, -0.1) is 10.2 Å². The Labute approximate surface area is 117 Å². The molecule has 0 unspecified atom stereocenters. The summed E-state index contributed by atoms with van der Waals surface area (Å²) in [6.07, 6.45) is 0. The van der Waals surface area contributed by atoms with Crippen molar-refractivity contribution >= 4 is 10.0 Å². The fourth-order valence-electron chi connectivity index (χ4n) is 1.55. The smallest absolute Gasteiger partial charge is 0.247 e. The van der Waals surface area contributed by atoms with Gasteiger partial charge in [-0.05, 0) is 24.3 Å². The third-order valence-corrected chi connectivity index (χ3v) is 4.01. The Bertz CT molecular complexity index is 664. The third kappa shape index (κ3) is 3.41. The maximum absolute atomic E-state index is 11.9. The van der Waals surface area contributed by atoms with E-state index >= 15 is 0 Å². The first kappa shape index (κ1) is 14.6. The molecule has 0 spiro atoms. The Morgan fingerprint density at radius 2 is 1.95 bits per heavy atom. The van der Waals surface area contributed by atoms with Crippen molar-refractivity contribution in [3.05, 3.63) is 30.2 Å². The van der Waals surface area contributed by atoms with Crippen LogP contribution in [0.25, 0.3) is 11.5 Å². The lowest BCUT2D eigenvalue weighted by Crippen LogP contribution is -2.27. The molecular weight excluding hydrogens is 282 g/mol. The molecule has 0 saturated heterocycles. The number of ether oxygens (including phenoxy) is 1. The van der Waals surface area contributed by atoms with E-state index < -0.39 is 10.0 Å². The zero-order valence-corrected chi connectivity index (χ0v) is 12.0. The molecule has 0 saturated carbocycles. The number of methoxy groups -OCH3 is 1. The molecule has 2 aromatic rings. The van der Waals surface area contributed by atoms with E-state index in [2.05, 4.69) is 14.9 Å². The molecule has 7 nitrogen and oxygen atoms in total. The van der Waals surface area contributed by atoms with E-state index in [1.165, 1.54) is 19.2 Å². The number of hydrogen-bond acceptors (Lipinski definition) is 6. The van der Waals surface area contributed by atoms with Crippen LogP contribution in [-0.2, 0) is 14.8 Å². The number of rotatable bonds is 6. The van der Waals surface area contributed by atoms with Crippen molar-refractivity contribution in [2.75, 3.05) is 20.3 Å². The van der Waals surface area contributed by atoms with Crippen LogP contribution in [0.2, 0.25) is 0 Å². The van der Waals surface area contributed by atoms with Crippen LogP contribution in [0.1, 0.15) is 5.89 Å². The van der Waals surface area contributed by atoms with Gasteiger partial charge in [0.2, 0.25) is 21.8 Å². The molecule has 0 atom stereocenters. The van der Waals surface area contributed by atoms with Crippen LogP contribution in [-0.4, -0.2) is 38.9 Å². The second kappa shape index (κ2) is 6.12. The zero-order chi connectivity index (χ0) is 14.6. The molecule has 1 aromatic heterocycles. The van der Waals surface area contributed by atoms with Crippen molar-refractivity contribution in [1.82, 2.24) is 14.9 Å². The van der Waals surface area contributed by atoms with Crippen LogP contribution in [0.3, 0.4) is 0 Å². The quantitative estimate of drug-likeness (QED) is 0.798. The Balaban J connectivity index is 2.15. The molecule has 0 bridgehead atoms. The monoisotopic (exact) mass is 297 g/mol. The van der Waals surface area contributed by atoms with Crippen molar-refractivity contribution in [3.8, 4) is 11.5 Å². The number of hydrogen-bond donors (Lipinski definition) is 1. The van der Waals surface area contributed by atoms with Gasteiger partial charge in [0.05, 0.1) is 11.5 Å². The minimum absolute atomic E-state index is 0.175. The molecule has 0 aliphatic rings. The molecule has 108 valence electrons. The number of aromatic nitrogens is 2. The first-order valence-corrected chi connectivity index (χ1v) is 7.40. The van der Waals surface area contributed by atoms with Gasteiger partial charge in [0.15, 0.2) is 0 Å². The van der Waals surface area contributed by atoms with Crippen molar-refractivity contribution in [2.45, 2.75) is 11.8 Å². The van der Waals surface area contributed by atoms with Crippen molar-refractivity contribution < 1.29 is 17.6 Å². The summed E-state index contributed by atoms with van der Waals surface area (Å²) in [6, 6.07) is 6.23. The fraction of sp³-hybridized carbons (Fsp3) is 0.333. The molecule has 20 heavy (non-hydrogen) atoms. The van der Waals surface area contributed by atoms with E-state index in [-0.39, 0.29) is 11.4 Å². The Hall–Kier alpha value is -1.77. The van der Waals surface area contributed by atoms with Gasteiger partial charge in [0, 0.05) is 26.1 Å². The van der Waals surface area contributed by atoms with Crippen LogP contribution >= 0.6 is 0 Å². The zero-order valence-electron chi connectivity index (χ0n) is 11.2. The molecular formula is C12H15N3O4S. The molecule has 2 rings (SSSR count). The summed E-state index contributed by atoms with van der Waals surface area (Å²) in [5.74, 6) is 0.816. The van der Waals surface area contributed by atoms with Gasteiger partial charge in [0.25, 0.3) is 0 Å². The molecule has 0 fully saturated rings. The summed E-state index contributed by atoms with van der Waals surface area (Å²) in [5, 5.41) is 7.59. The molecule has 0 radical (unpaired) electrons. The predicted octanol–water partition coefficient (Wildman–Crippen LogP) is 0.970. The highest BCUT2D eigenvalue weighted by molar-refractivity contribution is 7.89. The van der Waals surface area contributed by atoms with Crippen LogP contribution < -0.4 is 4.72 Å². The van der Waals surface area contributed by atoms with Gasteiger partial charge in [0.1, 0.15) is 0 Å². The maximum Gasteiger partial charge on any atom is 0.247 e. The Morgan fingerprint density at radius 1 is 1.25 bits per heavy atom. The largest absolute Gasteiger partial charge is 0.421 e. The van der Waals surface area contributed by atoms with E-state index in [0.29, 0.717) is 24.0 Å². The van der Waals surface area contributed by atoms with Gasteiger partial charge < -0.3 is 9.15 Å². The Kier molecular flexibility index (Phi) is 4.48. The van der Waals surface area contributed by atoms with E-state index in [1.54, 1.807) is 19.1 Å². The highest BCUT2D eigenvalue weighted by Gasteiger charge is 2.14. The van der Waals surface area contributed by atoms with Gasteiger partial charge in [-0.3, -0.25) is 0 Å². The van der Waals surface area contributed by atoms with Crippen molar-refractivity contribution in [2.24, 2.45) is 0 Å². The average Bonchev–Trinajstić information content (AvgIpc) is 2.86. The van der Waals surface area contributed by atoms with E-state index in [1.807, 2.05) is 0 Å². The predicted molar refractivity (Wildman–Crippen MR) is 71.5 cm³/mol. The van der Waals surface area contributed by atoms with Crippen LogP contribution in [0.5, 0.6) is 0 Å². The maximum atomic E-state index is 11.9. The summed E-state index contributed by atoms with van der Waals surface area (Å²) in [5.41, 5.74) is 0.668. The molecule has 0 aliphatic carbocycles. The number of nitrogens with zero attached hydrogens (tertiary/aromatic N) is 2. The van der Waals surface area contributed by atoms with Crippen LogP contribution in [0, 0.1) is 6.92 Å². The topological polar surface area (TPSA) is 94.3 Å². The normalized spacial score (nSPS) is 11.7. The SMILES string of the molecule is COCCNS(=O)(=O)c1ccc(-c2nnc(C)o2)cc1. The van der Waals surface area contributed by atoms with E-state index in [9.17, 15) is 8.42 Å². The minimum atomic E-state index is -3.52. The summed E-state index contributed by atoms with van der Waals surface area (Å²) >= 11 is 0. The Morgan fingerprint density at radius 3 is 2.50 bits per heavy atom. The average molecular weight is 297 g/mol. The van der Waals surface area contributed by atoms with E-state index in [4.69, 9.17) is 9.15 Å². The second-order valence-corrected chi connectivity index (χ2v) is 5.81. The fourth-order valence-corrected chi connectivity index (χ4v) is 2.56. The standard InChI is InChI=1S/C12H15N3O4S/c1-9-14-15-12(19-9)10-3-5-11(6-4-10)20(16,17)13-7-8-18-2/h3-6,13H,7-8H2,1-2H3. The lowest BCUT2D eigenvalue weighted by Gasteiger charge is -2.06. The van der Waals surface area contributed by atoms with E-state index in [0.717, 1.165) is 0 Å². The molecule has 1 aromatic carbocycles. The molecule has 8 heteroatoms. The summed E-state index contributed by atoms with van der Waals surface area (Å²) < 4.78 is 36.4. The first-order valence-electron chi connectivity index (χ1n) is 5.92. The third-order valence-electron chi connectivity index (χ3n) is 2.54. The molecule has 0 amide bonds. The highest BCUT2D eigenvalue weighted by atomic mass is 32.2. The second-order valence-electron chi connectivity index (χ2n) is 4.04. The summed E-state index contributed by atoms with van der Waals surface area (Å²) in [7, 11) is -2.01. The molecule has 1 N–H and O–H groups in total. The summed E-state index contributed by atoms with van der Waals surface area (Å²) in [6.45, 7) is 2.23.